The molecule has 3 aromatic carbocycles. The number of nitrogens with zero attached hydrogens (tertiary/aromatic N) is 1. The first-order valence-corrected chi connectivity index (χ1v) is 16.4. The second-order valence-electron chi connectivity index (χ2n) is 12.9. The average molecular weight is 666 g/mol. The number of carbonyl (C=O) groups excluding carboxylic acids is 2. The van der Waals surface area contributed by atoms with Crippen molar-refractivity contribution < 1.29 is 48.6 Å². The zero-order valence-corrected chi connectivity index (χ0v) is 27.4. The number of hydrogen-bond acceptors (Lipinski definition) is 9. The first kappa shape index (κ1) is 35.4. The fourth-order valence-corrected chi connectivity index (χ4v) is 6.42. The van der Waals surface area contributed by atoms with E-state index in [0.717, 1.165) is 23.1 Å². The largest absolute Gasteiger partial charge is 0.476 e. The summed E-state index contributed by atoms with van der Waals surface area (Å²) < 4.78 is 30.1. The molecular weight excluding hydrogens is 621 g/mol. The van der Waals surface area contributed by atoms with Gasteiger partial charge in [-0.2, -0.15) is 0 Å². The molecule has 48 heavy (non-hydrogen) atoms. The molecule has 7 atom stereocenters. The number of aliphatic hydroxyl groups is 4. The average Bonchev–Trinajstić information content (AvgIpc) is 3.07. The lowest BCUT2D eigenvalue weighted by Gasteiger charge is -2.48. The number of ether oxygens (including phenoxy) is 3. The number of carbonyl (C=O) groups is 2. The molecule has 0 spiro atoms. The van der Waals surface area contributed by atoms with E-state index in [0.29, 0.717) is 24.3 Å². The Balaban J connectivity index is 1.33. The molecule has 0 aliphatic carbocycles. The van der Waals surface area contributed by atoms with Crippen LogP contribution in [0.25, 0.3) is 0 Å². The topological polar surface area (TPSA) is 146 Å². The molecule has 0 bridgehead atoms. The van der Waals surface area contributed by atoms with Crippen molar-refractivity contribution in [3.8, 4) is 5.75 Å². The van der Waals surface area contributed by atoms with Gasteiger partial charge >= 0.3 is 5.97 Å². The zero-order chi connectivity index (χ0) is 34.6. The molecule has 2 aliphatic heterocycles. The van der Waals surface area contributed by atoms with E-state index in [4.69, 9.17) is 14.2 Å². The number of amides is 1. The highest BCUT2D eigenvalue weighted by Crippen LogP contribution is 2.46. The molecule has 2 heterocycles. The molecule has 0 aromatic heterocycles. The molecule has 5 rings (SSSR count). The summed E-state index contributed by atoms with van der Waals surface area (Å²) in [5.41, 5.74) is 2.18. The van der Waals surface area contributed by atoms with Crippen LogP contribution in [0.2, 0.25) is 0 Å². The molecule has 4 N–H and O–H groups in total. The minimum atomic E-state index is -1.45. The van der Waals surface area contributed by atoms with E-state index in [-0.39, 0.29) is 36.7 Å². The first-order valence-electron chi connectivity index (χ1n) is 16.4. The molecule has 2 fully saturated rings. The zero-order valence-electron chi connectivity index (χ0n) is 27.4. The predicted octanol–water partition coefficient (Wildman–Crippen LogP) is 3.66. The van der Waals surface area contributed by atoms with Gasteiger partial charge < -0.3 is 39.5 Å². The van der Waals surface area contributed by atoms with Crippen LogP contribution in [0.15, 0.2) is 72.8 Å². The van der Waals surface area contributed by atoms with Gasteiger partial charge in [0.2, 0.25) is 5.91 Å². The normalized spacial score (nSPS) is 25.8. The number of esters is 1. The number of aliphatic hydroxyl groups excluding tert-OH is 4. The van der Waals surface area contributed by atoms with E-state index in [2.05, 4.69) is 0 Å². The van der Waals surface area contributed by atoms with Gasteiger partial charge in [-0.05, 0) is 93.1 Å². The Hall–Kier alpha value is -3.87. The maximum atomic E-state index is 13.7. The Morgan fingerprint density at radius 2 is 1.52 bits per heavy atom. The summed E-state index contributed by atoms with van der Waals surface area (Å²) in [5.74, 6) is -0.634. The van der Waals surface area contributed by atoms with Gasteiger partial charge in [-0.15, -0.1) is 0 Å². The Morgan fingerprint density at radius 3 is 2.15 bits per heavy atom. The van der Waals surface area contributed by atoms with E-state index in [1.165, 1.54) is 12.1 Å². The lowest BCUT2D eigenvalue weighted by atomic mass is 9.78. The van der Waals surface area contributed by atoms with Crippen molar-refractivity contribution in [2.24, 2.45) is 5.92 Å². The molecule has 1 amide bonds. The van der Waals surface area contributed by atoms with Crippen LogP contribution in [-0.2, 0) is 31.9 Å². The van der Waals surface area contributed by atoms with Crippen molar-refractivity contribution in [2.45, 2.75) is 88.6 Å². The summed E-state index contributed by atoms with van der Waals surface area (Å²) >= 11 is 0. The standard InChI is InChI=1S/C37H44FNO9/c1-4-46-36(45)37(2,3)48-27-18-16-26(17-19-27)39-31(28(35(39)44)7-5-6-22-10-14-25(38)15-11-22)24-12-8-23(9-13-24)20-29-32(41)34(43)33(42)30(21-40)47-29/h8-19,28-34,40-43H,4-7,20-21H2,1-3H3/t28-,29+,30-,31-,32+,33-,34-/m1/s1. The molecule has 0 unspecified atom stereocenters. The third kappa shape index (κ3) is 7.71. The molecule has 0 saturated carbocycles. The van der Waals surface area contributed by atoms with E-state index < -0.39 is 48.7 Å². The van der Waals surface area contributed by atoms with Crippen LogP contribution in [0.4, 0.5) is 10.1 Å². The quantitative estimate of drug-likeness (QED) is 0.159. The molecule has 11 heteroatoms. The number of β-lactam (4-membered cyclic amide) rings is 1. The van der Waals surface area contributed by atoms with E-state index in [1.54, 1.807) is 62.1 Å². The smallest absolute Gasteiger partial charge is 0.349 e. The Morgan fingerprint density at radius 1 is 0.896 bits per heavy atom. The van der Waals surface area contributed by atoms with Gasteiger partial charge in [0.25, 0.3) is 0 Å². The maximum absolute atomic E-state index is 13.7. The number of anilines is 1. The third-order valence-electron chi connectivity index (χ3n) is 9.11. The minimum Gasteiger partial charge on any atom is -0.476 e. The second kappa shape index (κ2) is 15.1. The van der Waals surface area contributed by atoms with Gasteiger partial charge in [0.1, 0.15) is 36.0 Å². The first-order chi connectivity index (χ1) is 22.9. The van der Waals surface area contributed by atoms with Crippen LogP contribution >= 0.6 is 0 Å². The Bertz CT molecular complexity index is 1530. The number of aryl methyl sites for hydroxylation is 1. The SMILES string of the molecule is CCOC(=O)C(C)(C)Oc1ccc(N2C(=O)[C@H](CCCc3ccc(F)cc3)[C@H]2c2ccc(C[C@@H]3O[C@H](CO)[C@@H](O)[C@H](O)[C@H]3O)cc2)cc1. The van der Waals surface area contributed by atoms with Gasteiger partial charge in [0.05, 0.1) is 31.3 Å². The fraction of sp³-hybridized carbons (Fsp3) is 0.459. The maximum Gasteiger partial charge on any atom is 0.349 e. The summed E-state index contributed by atoms with van der Waals surface area (Å²) in [6.07, 6.45) is -3.71. The summed E-state index contributed by atoms with van der Waals surface area (Å²) in [6.45, 7) is 4.73. The minimum absolute atomic E-state index is 0.0231. The highest BCUT2D eigenvalue weighted by Gasteiger charge is 2.48. The third-order valence-corrected chi connectivity index (χ3v) is 9.11. The van der Waals surface area contributed by atoms with E-state index >= 15 is 0 Å². The monoisotopic (exact) mass is 665 g/mol. The van der Waals surface area contributed by atoms with Crippen molar-refractivity contribution in [1.29, 1.82) is 0 Å². The van der Waals surface area contributed by atoms with Crippen molar-refractivity contribution in [3.05, 3.63) is 95.3 Å². The van der Waals surface area contributed by atoms with Crippen LogP contribution in [0, 0.1) is 11.7 Å². The Labute approximate surface area is 279 Å². The van der Waals surface area contributed by atoms with Gasteiger partial charge in [-0.25, -0.2) is 9.18 Å². The van der Waals surface area contributed by atoms with E-state index in [1.807, 2.05) is 24.3 Å². The summed E-state index contributed by atoms with van der Waals surface area (Å²) in [7, 11) is 0. The summed E-state index contributed by atoms with van der Waals surface area (Å²) in [6, 6.07) is 20.7. The molecule has 2 aliphatic rings. The van der Waals surface area contributed by atoms with Gasteiger partial charge in [-0.3, -0.25) is 4.79 Å². The van der Waals surface area contributed by atoms with Crippen LogP contribution in [-0.4, -0.2) is 81.6 Å². The lowest BCUT2D eigenvalue weighted by Crippen LogP contribution is -2.59. The highest BCUT2D eigenvalue weighted by molar-refractivity contribution is 6.03. The number of halogens is 1. The van der Waals surface area contributed by atoms with Crippen LogP contribution < -0.4 is 9.64 Å². The molecule has 258 valence electrons. The molecular formula is C37H44FNO9. The van der Waals surface area contributed by atoms with Crippen LogP contribution in [0.5, 0.6) is 5.75 Å². The van der Waals surface area contributed by atoms with Gasteiger partial charge in [-0.1, -0.05) is 36.4 Å². The Kier molecular flexibility index (Phi) is 11.2. The second-order valence-corrected chi connectivity index (χ2v) is 12.9. The number of benzene rings is 3. The number of rotatable bonds is 13. The fourth-order valence-electron chi connectivity index (χ4n) is 6.42. The van der Waals surface area contributed by atoms with Gasteiger partial charge in [0.15, 0.2) is 5.60 Å². The van der Waals surface area contributed by atoms with E-state index in [9.17, 15) is 34.4 Å². The van der Waals surface area contributed by atoms with Crippen molar-refractivity contribution in [2.75, 3.05) is 18.1 Å². The lowest BCUT2D eigenvalue weighted by molar-refractivity contribution is -0.228. The molecule has 10 nitrogen and oxygen atoms in total. The highest BCUT2D eigenvalue weighted by atomic mass is 19.1. The molecule has 0 radical (unpaired) electrons. The van der Waals surface area contributed by atoms with Crippen LogP contribution in [0.1, 0.15) is 56.3 Å². The number of hydrogen-bond donors (Lipinski definition) is 4. The van der Waals surface area contributed by atoms with Crippen LogP contribution in [0.3, 0.4) is 0 Å². The molecule has 2 saturated heterocycles. The van der Waals surface area contributed by atoms with Crippen molar-refractivity contribution >= 4 is 17.6 Å². The summed E-state index contributed by atoms with van der Waals surface area (Å²) in [5, 5.41) is 40.3. The predicted molar refractivity (Wildman–Crippen MR) is 175 cm³/mol. The molecule has 3 aromatic rings. The van der Waals surface area contributed by atoms with Crippen molar-refractivity contribution in [1.82, 2.24) is 0 Å². The van der Waals surface area contributed by atoms with Crippen molar-refractivity contribution in [3.63, 3.8) is 0 Å². The summed E-state index contributed by atoms with van der Waals surface area (Å²) in [4.78, 5) is 27.7. The van der Waals surface area contributed by atoms with Gasteiger partial charge in [0, 0.05) is 12.1 Å².